The second-order valence-electron chi connectivity index (χ2n) is 8.38. The topological polar surface area (TPSA) is 79.7 Å². The maximum absolute atomic E-state index is 13.4. The smallest absolute Gasteiger partial charge is 0.301 e. The molecule has 8 heteroatoms. The van der Waals surface area contributed by atoms with E-state index in [2.05, 4.69) is 0 Å². The maximum Gasteiger partial charge on any atom is 0.301 e. The highest BCUT2D eigenvalue weighted by Crippen LogP contribution is 2.45. The van der Waals surface area contributed by atoms with Crippen LogP contribution in [0.3, 0.4) is 0 Å². The molecule has 1 amide bonds. The third kappa shape index (κ3) is 3.96. The number of ketones is 1. The number of hydrogen-bond acceptors (Lipinski definition) is 6. The largest absolute Gasteiger partial charge is 0.507 e. The number of carbonyl (C=O) groups excluding carboxylic acids is 2. The Kier molecular flexibility index (Phi) is 5.83. The molecule has 1 aromatic heterocycles. The van der Waals surface area contributed by atoms with Crippen LogP contribution < -0.4 is 9.64 Å². The minimum Gasteiger partial charge on any atom is -0.507 e. The molecule has 0 unspecified atom stereocenters. The number of Topliss-reactive ketones (excluding diaryl/α,β-unsaturated/α-hetero) is 1. The minimum atomic E-state index is -0.891. The molecule has 6 nitrogen and oxygen atoms in total. The Morgan fingerprint density at radius 3 is 2.51 bits per heavy atom. The molecular formula is C27H21ClN2O4S. The van der Waals surface area contributed by atoms with Crippen molar-refractivity contribution in [2.24, 2.45) is 0 Å². The lowest BCUT2D eigenvalue weighted by Gasteiger charge is -2.23. The molecule has 1 aliphatic rings. The van der Waals surface area contributed by atoms with Crippen LogP contribution in [0.25, 0.3) is 16.0 Å². The van der Waals surface area contributed by atoms with E-state index < -0.39 is 17.7 Å². The number of aromatic nitrogens is 1. The molecule has 176 valence electrons. The van der Waals surface area contributed by atoms with Crippen LogP contribution in [-0.2, 0) is 9.59 Å². The van der Waals surface area contributed by atoms with Gasteiger partial charge in [-0.2, -0.15) is 0 Å². The molecule has 0 spiro atoms. The summed E-state index contributed by atoms with van der Waals surface area (Å²) in [5.74, 6) is -1.20. The molecule has 1 aliphatic heterocycles. The molecule has 0 radical (unpaired) electrons. The number of anilines is 1. The monoisotopic (exact) mass is 504 g/mol. The summed E-state index contributed by atoms with van der Waals surface area (Å²) in [7, 11) is 1.54. The van der Waals surface area contributed by atoms with Crippen molar-refractivity contribution in [2.75, 3.05) is 12.0 Å². The Bertz CT molecular complexity index is 1520. The number of rotatable bonds is 4. The first-order chi connectivity index (χ1) is 16.8. The predicted octanol–water partition coefficient (Wildman–Crippen LogP) is 6.20. The van der Waals surface area contributed by atoms with Crippen LogP contribution in [0, 0.1) is 13.8 Å². The predicted molar refractivity (Wildman–Crippen MR) is 138 cm³/mol. The number of thiazole rings is 1. The summed E-state index contributed by atoms with van der Waals surface area (Å²) in [6, 6.07) is 16.7. The van der Waals surface area contributed by atoms with Gasteiger partial charge in [-0.3, -0.25) is 14.5 Å². The van der Waals surface area contributed by atoms with Crippen molar-refractivity contribution in [3.63, 3.8) is 0 Å². The second-order valence-corrected chi connectivity index (χ2v) is 9.82. The molecule has 1 fully saturated rings. The lowest BCUT2D eigenvalue weighted by molar-refractivity contribution is -0.132. The van der Waals surface area contributed by atoms with Crippen molar-refractivity contribution in [1.82, 2.24) is 4.98 Å². The second kappa shape index (κ2) is 8.83. The van der Waals surface area contributed by atoms with Crippen LogP contribution >= 0.6 is 22.9 Å². The summed E-state index contributed by atoms with van der Waals surface area (Å²) in [5, 5.41) is 12.1. The molecule has 0 saturated carbocycles. The van der Waals surface area contributed by atoms with Gasteiger partial charge in [-0.1, -0.05) is 41.1 Å². The molecule has 0 aliphatic carbocycles. The highest BCUT2D eigenvalue weighted by molar-refractivity contribution is 7.22. The molecule has 2 heterocycles. The molecule has 1 N–H and O–H groups in total. The van der Waals surface area contributed by atoms with Crippen molar-refractivity contribution in [3.05, 3.63) is 93.5 Å². The minimum absolute atomic E-state index is 0.0189. The van der Waals surface area contributed by atoms with Crippen molar-refractivity contribution >= 4 is 55.7 Å². The quantitative estimate of drug-likeness (QED) is 0.203. The number of amides is 1. The van der Waals surface area contributed by atoms with E-state index in [0.717, 1.165) is 21.3 Å². The van der Waals surface area contributed by atoms with Gasteiger partial charge in [-0.15, -0.1) is 0 Å². The fraction of sp³-hybridized carbons (Fsp3) is 0.148. The first-order valence-electron chi connectivity index (χ1n) is 10.9. The molecule has 1 saturated heterocycles. The van der Waals surface area contributed by atoms with Gasteiger partial charge < -0.3 is 9.84 Å². The van der Waals surface area contributed by atoms with Crippen LogP contribution in [0.1, 0.15) is 28.3 Å². The van der Waals surface area contributed by atoms with Crippen molar-refractivity contribution in [1.29, 1.82) is 0 Å². The van der Waals surface area contributed by atoms with Crippen LogP contribution in [0.4, 0.5) is 5.13 Å². The van der Waals surface area contributed by atoms with Crippen LogP contribution in [0.5, 0.6) is 5.75 Å². The Hall–Kier alpha value is -3.68. The molecule has 5 rings (SSSR count). The van der Waals surface area contributed by atoms with E-state index in [4.69, 9.17) is 21.3 Å². The van der Waals surface area contributed by atoms with Gasteiger partial charge in [0.15, 0.2) is 5.13 Å². The first-order valence-corrected chi connectivity index (χ1v) is 12.1. The number of aliphatic hydroxyl groups is 1. The average Bonchev–Trinajstić information content (AvgIpc) is 3.37. The van der Waals surface area contributed by atoms with Gasteiger partial charge in [0, 0.05) is 10.6 Å². The lowest BCUT2D eigenvalue weighted by Crippen LogP contribution is -2.29. The van der Waals surface area contributed by atoms with E-state index in [9.17, 15) is 14.7 Å². The summed E-state index contributed by atoms with van der Waals surface area (Å²) in [6.07, 6.45) is 0. The number of fused-ring (bicyclic) bond motifs is 1. The highest BCUT2D eigenvalue weighted by Gasteiger charge is 2.48. The molecule has 35 heavy (non-hydrogen) atoms. The zero-order valence-corrected chi connectivity index (χ0v) is 20.8. The van der Waals surface area contributed by atoms with E-state index >= 15 is 0 Å². The van der Waals surface area contributed by atoms with E-state index in [0.29, 0.717) is 27.0 Å². The number of carbonyl (C=O) groups is 2. The van der Waals surface area contributed by atoms with Crippen molar-refractivity contribution in [3.8, 4) is 5.75 Å². The van der Waals surface area contributed by atoms with Crippen molar-refractivity contribution < 1.29 is 19.4 Å². The number of nitrogens with zero attached hydrogens (tertiary/aromatic N) is 2. The number of aliphatic hydroxyl groups excluding tert-OH is 1. The average molecular weight is 505 g/mol. The Labute approximate surface area is 211 Å². The van der Waals surface area contributed by atoms with Crippen molar-refractivity contribution in [2.45, 2.75) is 19.9 Å². The molecule has 3 aromatic carbocycles. The summed E-state index contributed by atoms with van der Waals surface area (Å²) < 4.78 is 6.11. The van der Waals surface area contributed by atoms with E-state index in [-0.39, 0.29) is 11.3 Å². The van der Waals surface area contributed by atoms with Crippen LogP contribution in [-0.4, -0.2) is 28.9 Å². The van der Waals surface area contributed by atoms with Gasteiger partial charge in [-0.25, -0.2) is 4.98 Å². The fourth-order valence-corrected chi connectivity index (χ4v) is 5.76. The summed E-state index contributed by atoms with van der Waals surface area (Å²) in [5.41, 5.74) is 3.81. The van der Waals surface area contributed by atoms with E-state index in [1.165, 1.54) is 16.2 Å². The zero-order valence-electron chi connectivity index (χ0n) is 19.2. The number of halogens is 1. The van der Waals surface area contributed by atoms with Gasteiger partial charge >= 0.3 is 5.91 Å². The number of methoxy groups -OCH3 is 1. The molecule has 0 bridgehead atoms. The summed E-state index contributed by atoms with van der Waals surface area (Å²) >= 11 is 7.61. The zero-order chi connectivity index (χ0) is 24.9. The first kappa shape index (κ1) is 23.1. The number of aryl methyl sites for hydroxylation is 2. The number of benzene rings is 3. The Morgan fingerprint density at radius 1 is 1.09 bits per heavy atom. The van der Waals surface area contributed by atoms with Crippen LogP contribution in [0.15, 0.2) is 66.2 Å². The lowest BCUT2D eigenvalue weighted by atomic mass is 9.95. The van der Waals surface area contributed by atoms with Gasteiger partial charge in [0.2, 0.25) is 0 Å². The fourth-order valence-electron chi connectivity index (χ4n) is 4.39. The normalized spacial score (nSPS) is 17.4. The summed E-state index contributed by atoms with van der Waals surface area (Å²) in [6.45, 7) is 3.96. The summed E-state index contributed by atoms with van der Waals surface area (Å²) in [4.78, 5) is 32.8. The number of hydrogen-bond donors (Lipinski definition) is 1. The maximum atomic E-state index is 13.4. The standard InChI is InChI=1S/C27H21ClN2O4S/c1-14-11-15(2)22-20(12-14)35-27(29-22)30-23(17-5-4-6-18(28)13-17)21(25(32)26(30)33)24(31)16-7-9-19(34-3)10-8-16/h4-13,23,31H,1-3H3/b24-21+/t23-/m0/s1. The Balaban J connectivity index is 1.73. The molecule has 1 atom stereocenters. The molecule has 4 aromatic rings. The Morgan fingerprint density at radius 2 is 1.83 bits per heavy atom. The van der Waals surface area contributed by atoms with Gasteiger partial charge in [0.05, 0.1) is 28.9 Å². The van der Waals surface area contributed by atoms with Crippen LogP contribution in [0.2, 0.25) is 5.02 Å². The van der Waals surface area contributed by atoms with Gasteiger partial charge in [0.25, 0.3) is 5.78 Å². The van der Waals surface area contributed by atoms with Gasteiger partial charge in [0.1, 0.15) is 11.5 Å². The van der Waals surface area contributed by atoms with E-state index in [1.54, 1.807) is 55.6 Å². The third-order valence-electron chi connectivity index (χ3n) is 6.00. The van der Waals surface area contributed by atoms with Gasteiger partial charge in [-0.05, 0) is 73.0 Å². The SMILES string of the molecule is COc1ccc(/C(O)=C2\C(=O)C(=O)N(c3nc4c(C)cc(C)cc4s3)[C@H]2c2cccc(Cl)c2)cc1. The highest BCUT2D eigenvalue weighted by atomic mass is 35.5. The molecular weight excluding hydrogens is 484 g/mol. The number of ether oxygens (including phenoxy) is 1. The van der Waals surface area contributed by atoms with E-state index in [1.807, 2.05) is 26.0 Å². The third-order valence-corrected chi connectivity index (χ3v) is 7.23.